The highest BCUT2D eigenvalue weighted by molar-refractivity contribution is 7.20. The van der Waals surface area contributed by atoms with Crippen molar-refractivity contribution in [3.8, 4) is 11.1 Å². The molecule has 23 heavy (non-hydrogen) atoms. The van der Waals surface area contributed by atoms with Crippen molar-refractivity contribution in [2.75, 3.05) is 20.1 Å². The summed E-state index contributed by atoms with van der Waals surface area (Å²) in [5, 5.41) is 1.01. The molecule has 0 unspecified atom stereocenters. The van der Waals surface area contributed by atoms with Crippen molar-refractivity contribution in [2.45, 2.75) is 0 Å². The number of carbonyl (C=O) groups is 1. The zero-order valence-corrected chi connectivity index (χ0v) is 13.6. The fourth-order valence-electron chi connectivity index (χ4n) is 2.53. The van der Waals surface area contributed by atoms with Crippen LogP contribution >= 0.6 is 11.3 Å². The number of likely N-dealkylation sites (N-methyl/N-ethyl adjacent to an activating group) is 1. The largest absolute Gasteiger partial charge is 0.340 e. The molecule has 2 aromatic carbocycles. The normalized spacial score (nSPS) is 10.9. The van der Waals surface area contributed by atoms with E-state index in [1.165, 1.54) is 23.5 Å². The molecule has 3 rings (SSSR count). The maximum absolute atomic E-state index is 13.1. The monoisotopic (exact) mass is 328 g/mol. The van der Waals surface area contributed by atoms with Gasteiger partial charge >= 0.3 is 0 Å². The molecule has 0 saturated heterocycles. The predicted molar refractivity (Wildman–Crippen MR) is 93.2 cm³/mol. The third-order valence-corrected chi connectivity index (χ3v) is 4.83. The zero-order chi connectivity index (χ0) is 16.4. The number of carbonyl (C=O) groups excluding carboxylic acids is 1. The van der Waals surface area contributed by atoms with Crippen LogP contribution in [-0.4, -0.2) is 30.9 Å². The Kier molecular flexibility index (Phi) is 4.41. The minimum atomic E-state index is -0.259. The first-order chi connectivity index (χ1) is 11.1. The maximum atomic E-state index is 13.1. The summed E-state index contributed by atoms with van der Waals surface area (Å²) in [4.78, 5) is 14.7. The lowest BCUT2D eigenvalue weighted by molar-refractivity contribution is 0.0804. The number of halogens is 1. The first-order valence-corrected chi connectivity index (χ1v) is 8.16. The van der Waals surface area contributed by atoms with Crippen LogP contribution in [0.2, 0.25) is 0 Å². The van der Waals surface area contributed by atoms with E-state index in [9.17, 15) is 9.18 Å². The van der Waals surface area contributed by atoms with Gasteiger partial charge in [0.1, 0.15) is 5.82 Å². The highest BCUT2D eigenvalue weighted by Gasteiger charge is 2.16. The fraction of sp³-hybridized carbons (Fsp3) is 0.167. The third-order valence-electron chi connectivity index (χ3n) is 3.74. The Morgan fingerprint density at radius 1 is 1.22 bits per heavy atom. The first-order valence-electron chi connectivity index (χ1n) is 7.34. The van der Waals surface area contributed by atoms with Crippen molar-refractivity contribution in [1.82, 2.24) is 4.90 Å². The van der Waals surface area contributed by atoms with Crippen molar-refractivity contribution in [3.63, 3.8) is 0 Å². The van der Waals surface area contributed by atoms with E-state index in [-0.39, 0.29) is 11.7 Å². The number of hydrogen-bond donors (Lipinski definition) is 1. The molecule has 118 valence electrons. The summed E-state index contributed by atoms with van der Waals surface area (Å²) in [5.74, 6) is -0.285. The molecule has 1 aromatic heterocycles. The average Bonchev–Trinajstić information content (AvgIpc) is 2.99. The molecule has 0 aliphatic heterocycles. The minimum absolute atomic E-state index is 0.0262. The van der Waals surface area contributed by atoms with Crippen LogP contribution in [0.4, 0.5) is 4.39 Å². The standard InChI is InChI=1S/C18H17FN2OS/c1-21(10-9-20)18(22)17-11-15-14(3-2-4-16(15)23-17)12-5-7-13(19)8-6-12/h2-8,11H,9-10,20H2,1H3. The van der Waals surface area contributed by atoms with Crippen LogP contribution in [-0.2, 0) is 0 Å². The van der Waals surface area contributed by atoms with Crippen molar-refractivity contribution in [1.29, 1.82) is 0 Å². The first kappa shape index (κ1) is 15.6. The summed E-state index contributed by atoms with van der Waals surface area (Å²) in [5.41, 5.74) is 7.45. The molecule has 0 radical (unpaired) electrons. The Labute approximate surface area is 138 Å². The van der Waals surface area contributed by atoms with Gasteiger partial charge in [-0.1, -0.05) is 24.3 Å². The lowest BCUT2D eigenvalue weighted by Gasteiger charge is -2.14. The van der Waals surface area contributed by atoms with E-state index in [0.29, 0.717) is 18.0 Å². The molecule has 0 aliphatic rings. The molecule has 0 saturated carbocycles. The van der Waals surface area contributed by atoms with Gasteiger partial charge in [-0.3, -0.25) is 4.79 Å². The molecule has 0 aliphatic carbocycles. The molecular weight excluding hydrogens is 311 g/mol. The number of fused-ring (bicyclic) bond motifs is 1. The van der Waals surface area contributed by atoms with Gasteiger partial charge in [0.25, 0.3) is 5.91 Å². The Morgan fingerprint density at radius 2 is 1.96 bits per heavy atom. The van der Waals surface area contributed by atoms with Gasteiger partial charge in [-0.05, 0) is 35.4 Å². The molecule has 0 spiro atoms. The predicted octanol–water partition coefficient (Wildman–Crippen LogP) is 3.74. The number of nitrogens with two attached hydrogens (primary N) is 1. The third kappa shape index (κ3) is 3.11. The van der Waals surface area contributed by atoms with Crippen LogP contribution in [0, 0.1) is 5.82 Å². The Morgan fingerprint density at radius 3 is 2.65 bits per heavy atom. The van der Waals surface area contributed by atoms with Gasteiger partial charge in [0.15, 0.2) is 0 Å². The number of amides is 1. The van der Waals surface area contributed by atoms with Gasteiger partial charge in [-0.2, -0.15) is 0 Å². The van der Waals surface area contributed by atoms with Gasteiger partial charge in [0.05, 0.1) is 4.88 Å². The van der Waals surface area contributed by atoms with Crippen LogP contribution in [0.1, 0.15) is 9.67 Å². The summed E-state index contributed by atoms with van der Waals surface area (Å²) in [7, 11) is 1.75. The molecule has 5 heteroatoms. The molecule has 2 N–H and O–H groups in total. The molecule has 0 bridgehead atoms. The summed E-state index contributed by atoms with van der Waals surface area (Å²) >= 11 is 1.47. The van der Waals surface area contributed by atoms with Crippen LogP contribution in [0.25, 0.3) is 21.2 Å². The van der Waals surface area contributed by atoms with E-state index in [2.05, 4.69) is 0 Å². The van der Waals surface area contributed by atoms with Crippen molar-refractivity contribution in [3.05, 3.63) is 59.2 Å². The molecule has 1 amide bonds. The summed E-state index contributed by atoms with van der Waals surface area (Å²) in [6.45, 7) is 0.964. The van der Waals surface area contributed by atoms with Gasteiger partial charge in [0, 0.05) is 30.2 Å². The number of benzene rings is 2. The van der Waals surface area contributed by atoms with Crippen molar-refractivity contribution < 1.29 is 9.18 Å². The molecule has 3 nitrogen and oxygen atoms in total. The molecule has 1 heterocycles. The Balaban J connectivity index is 2.05. The minimum Gasteiger partial charge on any atom is -0.340 e. The Bertz CT molecular complexity index is 842. The lowest BCUT2D eigenvalue weighted by atomic mass is 10.0. The van der Waals surface area contributed by atoms with E-state index in [1.54, 1.807) is 24.1 Å². The second-order valence-electron chi connectivity index (χ2n) is 5.35. The molecule has 3 aromatic rings. The van der Waals surface area contributed by atoms with E-state index in [1.807, 2.05) is 24.3 Å². The van der Waals surface area contributed by atoms with E-state index in [4.69, 9.17) is 5.73 Å². The highest BCUT2D eigenvalue weighted by atomic mass is 32.1. The maximum Gasteiger partial charge on any atom is 0.263 e. The fourth-order valence-corrected chi connectivity index (χ4v) is 3.61. The number of thiophene rings is 1. The van der Waals surface area contributed by atoms with Gasteiger partial charge in [0.2, 0.25) is 0 Å². The zero-order valence-electron chi connectivity index (χ0n) is 12.8. The topological polar surface area (TPSA) is 46.3 Å². The second-order valence-corrected chi connectivity index (χ2v) is 6.43. The second kappa shape index (κ2) is 6.48. The average molecular weight is 328 g/mol. The summed E-state index contributed by atoms with van der Waals surface area (Å²) in [6, 6.07) is 14.2. The summed E-state index contributed by atoms with van der Waals surface area (Å²) in [6.07, 6.45) is 0. The summed E-state index contributed by atoms with van der Waals surface area (Å²) < 4.78 is 14.2. The molecule has 0 atom stereocenters. The molecule has 0 fully saturated rings. The van der Waals surface area contributed by atoms with Gasteiger partial charge in [-0.25, -0.2) is 4.39 Å². The SMILES string of the molecule is CN(CCN)C(=O)c1cc2c(-c3ccc(F)cc3)cccc2s1. The quantitative estimate of drug-likeness (QED) is 0.793. The number of hydrogen-bond acceptors (Lipinski definition) is 3. The van der Waals surface area contributed by atoms with Crippen LogP contribution in [0.5, 0.6) is 0 Å². The van der Waals surface area contributed by atoms with Gasteiger partial charge < -0.3 is 10.6 Å². The number of rotatable bonds is 4. The van der Waals surface area contributed by atoms with Crippen molar-refractivity contribution in [2.24, 2.45) is 5.73 Å². The van der Waals surface area contributed by atoms with Gasteiger partial charge in [-0.15, -0.1) is 11.3 Å². The Hall–Kier alpha value is -2.24. The van der Waals surface area contributed by atoms with Crippen LogP contribution < -0.4 is 5.73 Å². The van der Waals surface area contributed by atoms with E-state index >= 15 is 0 Å². The van der Waals surface area contributed by atoms with Crippen LogP contribution in [0.3, 0.4) is 0 Å². The van der Waals surface area contributed by atoms with E-state index in [0.717, 1.165) is 21.2 Å². The highest BCUT2D eigenvalue weighted by Crippen LogP contribution is 2.34. The lowest BCUT2D eigenvalue weighted by Crippen LogP contribution is -2.31. The van der Waals surface area contributed by atoms with Crippen molar-refractivity contribution >= 4 is 27.3 Å². The van der Waals surface area contributed by atoms with E-state index < -0.39 is 0 Å². The molecular formula is C18H17FN2OS. The van der Waals surface area contributed by atoms with Crippen LogP contribution in [0.15, 0.2) is 48.5 Å². The number of nitrogens with zero attached hydrogens (tertiary/aromatic N) is 1. The smallest absolute Gasteiger partial charge is 0.263 e.